The van der Waals surface area contributed by atoms with Gasteiger partial charge in [0.25, 0.3) is 0 Å². The highest BCUT2D eigenvalue weighted by molar-refractivity contribution is 6.74. The van der Waals surface area contributed by atoms with Gasteiger partial charge < -0.3 is 18.7 Å². The Labute approximate surface area is 262 Å². The molecule has 0 aliphatic heterocycles. The number of nitrogens with zero attached hydrogens (tertiary/aromatic N) is 1. The van der Waals surface area contributed by atoms with E-state index in [1.807, 2.05) is 32.9 Å². The van der Waals surface area contributed by atoms with Crippen molar-refractivity contribution in [2.75, 3.05) is 6.61 Å². The quantitative estimate of drug-likeness (QED) is 0.128. The van der Waals surface area contributed by atoms with Gasteiger partial charge in [-0.1, -0.05) is 86.6 Å². The lowest BCUT2D eigenvalue weighted by atomic mass is 9.89. The monoisotopic (exact) mass is 632 g/mol. The summed E-state index contributed by atoms with van der Waals surface area (Å²) < 4.78 is 19.3. The lowest BCUT2D eigenvalue weighted by Gasteiger charge is -2.43. The minimum Gasteiger partial charge on any atom is -0.477 e. The molecule has 10 heteroatoms. The number of esters is 1. The Morgan fingerprint density at radius 3 is 2.16 bits per heavy atom. The molecule has 1 aliphatic rings. The largest absolute Gasteiger partial charge is 0.477 e. The molecular formula is C33H56N2O6Si2. The number of carbonyl (C=O) groups excluding carboxylic acids is 1. The van der Waals surface area contributed by atoms with Crippen molar-refractivity contribution >= 4 is 34.6 Å². The van der Waals surface area contributed by atoms with Crippen molar-refractivity contribution in [1.29, 1.82) is 0 Å². The fourth-order valence-corrected chi connectivity index (χ4v) is 7.11. The molecule has 0 radical (unpaired) electrons. The van der Waals surface area contributed by atoms with Crippen molar-refractivity contribution in [1.82, 2.24) is 10.3 Å². The minimum absolute atomic E-state index is 0.0198. The van der Waals surface area contributed by atoms with Crippen molar-refractivity contribution in [2.45, 2.75) is 129 Å². The summed E-state index contributed by atoms with van der Waals surface area (Å²) in [6.45, 7) is 31.6. The normalized spacial score (nSPS) is 19.7. The first-order valence-corrected chi connectivity index (χ1v) is 21.2. The van der Waals surface area contributed by atoms with Gasteiger partial charge in [0.05, 0.1) is 17.8 Å². The third-order valence-corrected chi connectivity index (χ3v) is 18.5. The van der Waals surface area contributed by atoms with Crippen molar-refractivity contribution in [3.8, 4) is 0 Å². The number of hydrogen-bond acceptors (Lipinski definition) is 7. The summed E-state index contributed by atoms with van der Waals surface area (Å²) in [5.41, 5.74) is 2.08. The number of aromatic carboxylic acids is 1. The van der Waals surface area contributed by atoms with E-state index in [-0.39, 0.29) is 40.4 Å². The molecule has 8 nitrogen and oxygen atoms in total. The first-order valence-electron chi connectivity index (χ1n) is 15.4. The smallest absolute Gasteiger partial charge is 0.354 e. The zero-order valence-electron chi connectivity index (χ0n) is 28.8. The number of ether oxygens (including phenoxy) is 1. The maximum absolute atomic E-state index is 13.2. The molecule has 5 atom stereocenters. The van der Waals surface area contributed by atoms with E-state index in [4.69, 9.17) is 18.6 Å². The molecule has 1 aromatic heterocycles. The lowest BCUT2D eigenvalue weighted by molar-refractivity contribution is -0.146. The Kier molecular flexibility index (Phi) is 12.0. The molecule has 0 saturated heterocycles. The molecule has 1 aromatic rings. The zero-order chi connectivity index (χ0) is 33.1. The second-order valence-electron chi connectivity index (χ2n) is 14.9. The molecule has 0 unspecified atom stereocenters. The molecule has 2 N–H and O–H groups in total. The van der Waals surface area contributed by atoms with E-state index in [2.05, 4.69) is 79.6 Å². The van der Waals surface area contributed by atoms with E-state index in [0.29, 0.717) is 5.69 Å². The van der Waals surface area contributed by atoms with E-state index in [0.717, 1.165) is 17.5 Å². The van der Waals surface area contributed by atoms with Crippen LogP contribution in [0.2, 0.25) is 36.3 Å². The van der Waals surface area contributed by atoms with Gasteiger partial charge in [0.15, 0.2) is 16.6 Å². The zero-order valence-corrected chi connectivity index (χ0v) is 30.8. The van der Waals surface area contributed by atoms with Gasteiger partial charge in [0, 0.05) is 5.56 Å². The fourth-order valence-electron chi connectivity index (χ4n) is 4.50. The number of nitrogens with one attached hydrogen (secondary N) is 1. The van der Waals surface area contributed by atoms with E-state index in [1.165, 1.54) is 0 Å². The van der Waals surface area contributed by atoms with Crippen LogP contribution in [0.1, 0.15) is 108 Å². The summed E-state index contributed by atoms with van der Waals surface area (Å²) in [5.74, 6) is -1.49. The topological polar surface area (TPSA) is 107 Å². The molecule has 242 valence electrons. The third-order valence-electron chi connectivity index (χ3n) is 9.53. The van der Waals surface area contributed by atoms with Gasteiger partial charge in [0.2, 0.25) is 0 Å². The number of aromatic nitrogens is 1. The van der Waals surface area contributed by atoms with Gasteiger partial charge in [-0.3, -0.25) is 10.1 Å². The Balaban J connectivity index is 2.76. The van der Waals surface area contributed by atoms with Crippen LogP contribution in [0.4, 0.5) is 0 Å². The van der Waals surface area contributed by atoms with E-state index in [9.17, 15) is 14.7 Å². The minimum atomic E-state index is -2.40. The second kappa shape index (κ2) is 13.9. The van der Waals surface area contributed by atoms with Crippen LogP contribution in [0.5, 0.6) is 0 Å². The van der Waals surface area contributed by atoms with Crippen molar-refractivity contribution in [3.05, 3.63) is 47.3 Å². The van der Waals surface area contributed by atoms with Gasteiger partial charge in [-0.2, -0.15) is 0 Å². The second-order valence-corrected chi connectivity index (χ2v) is 24.4. The van der Waals surface area contributed by atoms with Crippen molar-refractivity contribution in [2.24, 2.45) is 5.92 Å². The molecule has 0 spiro atoms. The molecule has 0 amide bonds. The molecule has 1 aliphatic carbocycles. The van der Waals surface area contributed by atoms with Crippen molar-refractivity contribution < 1.29 is 28.3 Å². The number of carbonyl (C=O) groups is 2. The standard InChI is InChI=1S/C33H56N2O6Si2/c1-15-19-39-31(38)27(21(3)16-2)34-25-18-17-23-24(22(4)40-42(11,12)32(5,6)7)20-26(30(36)37)35-28(23)29(25)41-43(13,14)33(8,9)10/h15,17-18,20-22,25,27,29,34H,1,16,19H2,2-14H3,(H,36,37)/t21-,22-,25+,27-,29-/m0/s1. The van der Waals surface area contributed by atoms with Gasteiger partial charge in [-0.15, -0.1) is 0 Å². The van der Waals surface area contributed by atoms with E-state index in [1.54, 1.807) is 12.1 Å². The number of rotatable bonds is 13. The van der Waals surface area contributed by atoms with Crippen LogP contribution in [-0.4, -0.2) is 57.4 Å². The van der Waals surface area contributed by atoms with Gasteiger partial charge in [-0.05, 0) is 60.7 Å². The summed E-state index contributed by atoms with van der Waals surface area (Å²) in [7, 11) is -4.59. The summed E-state index contributed by atoms with van der Waals surface area (Å²) in [5, 5.41) is 13.5. The van der Waals surface area contributed by atoms with Gasteiger partial charge >= 0.3 is 11.9 Å². The van der Waals surface area contributed by atoms with Crippen LogP contribution < -0.4 is 5.32 Å². The van der Waals surface area contributed by atoms with Crippen LogP contribution in [0.25, 0.3) is 6.08 Å². The van der Waals surface area contributed by atoms with Gasteiger partial charge in [-0.25, -0.2) is 9.78 Å². The first-order chi connectivity index (χ1) is 19.6. The SMILES string of the molecule is C=CCOC(=O)[C@@H](N[C@@H]1C=Cc2c([C@H](C)O[Si](C)(C)C(C)(C)C)cc(C(=O)O)nc2[C@H]1O[Si](C)(C)C(C)(C)C)[C@@H](C)CC. The Bertz CT molecular complexity index is 1200. The van der Waals surface area contributed by atoms with Crippen LogP contribution in [0.15, 0.2) is 24.8 Å². The number of hydrogen-bond donors (Lipinski definition) is 2. The predicted octanol–water partition coefficient (Wildman–Crippen LogP) is 8.05. The molecule has 0 aromatic carbocycles. The van der Waals surface area contributed by atoms with E-state index < -0.39 is 40.8 Å². The Hall–Kier alpha value is -2.12. The number of fused-ring (bicyclic) bond motifs is 1. The van der Waals surface area contributed by atoms with E-state index >= 15 is 0 Å². The Morgan fingerprint density at radius 1 is 1.09 bits per heavy atom. The number of pyridine rings is 1. The fraction of sp³-hybridized carbons (Fsp3) is 0.667. The highest BCUT2D eigenvalue weighted by Gasteiger charge is 2.45. The maximum Gasteiger partial charge on any atom is 0.354 e. The van der Waals surface area contributed by atoms with Crippen LogP contribution in [0.3, 0.4) is 0 Å². The molecule has 0 fully saturated rings. The number of carboxylic acid groups (broad SMARTS) is 1. The van der Waals surface area contributed by atoms with Crippen molar-refractivity contribution in [3.63, 3.8) is 0 Å². The summed E-state index contributed by atoms with van der Waals surface area (Å²) in [4.78, 5) is 30.3. The molecule has 1 heterocycles. The molecule has 0 saturated carbocycles. The maximum atomic E-state index is 13.2. The molecule has 43 heavy (non-hydrogen) atoms. The summed E-state index contributed by atoms with van der Waals surface area (Å²) in [6.07, 6.45) is 5.31. The van der Waals surface area contributed by atoms with Gasteiger partial charge in [0.1, 0.15) is 24.4 Å². The average molecular weight is 633 g/mol. The summed E-state index contributed by atoms with van der Waals surface area (Å²) >= 11 is 0. The number of carboxylic acids is 1. The third kappa shape index (κ3) is 8.75. The van der Waals surface area contributed by atoms with Crippen LogP contribution >= 0.6 is 0 Å². The summed E-state index contributed by atoms with van der Waals surface area (Å²) in [6, 6.07) is 0.585. The lowest BCUT2D eigenvalue weighted by Crippen LogP contribution is -2.53. The molecule has 0 bridgehead atoms. The molecular weight excluding hydrogens is 577 g/mol. The molecule has 2 rings (SSSR count). The highest BCUT2D eigenvalue weighted by atomic mass is 28.4. The van der Waals surface area contributed by atoms with Crippen LogP contribution in [-0.2, 0) is 18.4 Å². The highest BCUT2D eigenvalue weighted by Crippen LogP contribution is 2.45. The van der Waals surface area contributed by atoms with Crippen LogP contribution in [0, 0.1) is 5.92 Å². The predicted molar refractivity (Wildman–Crippen MR) is 179 cm³/mol. The first kappa shape index (κ1) is 37.1. The Morgan fingerprint density at radius 2 is 1.67 bits per heavy atom. The average Bonchev–Trinajstić information content (AvgIpc) is 2.88.